The van der Waals surface area contributed by atoms with Gasteiger partial charge in [0.1, 0.15) is 12.4 Å². The highest BCUT2D eigenvalue weighted by atomic mass is 19.4. The summed E-state index contributed by atoms with van der Waals surface area (Å²) >= 11 is 0. The molecule has 0 unspecified atom stereocenters. The fraction of sp³-hybridized carbons (Fsp3) is 0.519. The van der Waals surface area contributed by atoms with Gasteiger partial charge in [-0.15, -0.1) is 0 Å². The molecular weight excluding hydrogens is 457 g/mol. The summed E-state index contributed by atoms with van der Waals surface area (Å²) in [7, 11) is 0. The molecule has 2 aromatic carbocycles. The predicted octanol–water partition coefficient (Wildman–Crippen LogP) is 5.93. The molecule has 5 nitrogen and oxygen atoms in total. The Balaban J connectivity index is 1.34. The van der Waals surface area contributed by atoms with Gasteiger partial charge in [0.25, 0.3) is 0 Å². The Kier molecular flexibility index (Phi) is 8.21. The average Bonchev–Trinajstić information content (AvgIpc) is 2.87. The number of anilines is 1. The van der Waals surface area contributed by atoms with E-state index in [0.717, 1.165) is 56.8 Å². The lowest BCUT2D eigenvalue weighted by Crippen LogP contribution is -2.34. The minimum Gasteiger partial charge on any atom is -0.489 e. The Labute approximate surface area is 204 Å². The number of hydrogen-bond acceptors (Lipinski definition) is 4. The van der Waals surface area contributed by atoms with Crippen LogP contribution in [0.3, 0.4) is 0 Å². The molecule has 190 valence electrons. The number of aliphatic carboxylic acids is 1. The van der Waals surface area contributed by atoms with Gasteiger partial charge in [0, 0.05) is 25.3 Å². The van der Waals surface area contributed by atoms with E-state index in [2.05, 4.69) is 17.0 Å². The topological polar surface area (TPSA) is 53.0 Å². The fourth-order valence-corrected chi connectivity index (χ4v) is 5.04. The van der Waals surface area contributed by atoms with Crippen molar-refractivity contribution in [3.63, 3.8) is 0 Å². The predicted molar refractivity (Wildman–Crippen MR) is 129 cm³/mol. The molecule has 2 heterocycles. The standard InChI is InChI=1S/C27H33F3N2O3/c28-27(29,30)24-18-23(8-9-25(24)32-13-2-1-3-14-32)35-19-20-4-6-21(7-5-20)22-10-15-31(16-11-22)17-12-26(33)34/h4-9,18,22H,1-3,10-17,19H2,(H,33,34). The first-order chi connectivity index (χ1) is 16.8. The molecule has 0 radical (unpaired) electrons. The van der Waals surface area contributed by atoms with Crippen LogP contribution in [0.25, 0.3) is 0 Å². The van der Waals surface area contributed by atoms with E-state index in [1.54, 1.807) is 6.07 Å². The number of carboxylic acids is 1. The third kappa shape index (κ3) is 6.90. The van der Waals surface area contributed by atoms with Crippen LogP contribution in [0.2, 0.25) is 0 Å². The van der Waals surface area contributed by atoms with E-state index in [9.17, 15) is 18.0 Å². The van der Waals surface area contributed by atoms with Crippen molar-refractivity contribution in [3.05, 3.63) is 59.2 Å². The number of rotatable bonds is 8. The van der Waals surface area contributed by atoms with Crippen molar-refractivity contribution in [2.24, 2.45) is 0 Å². The summed E-state index contributed by atoms with van der Waals surface area (Å²) in [5, 5.41) is 8.84. The second-order valence-corrected chi connectivity index (χ2v) is 9.51. The number of carbonyl (C=O) groups is 1. The van der Waals surface area contributed by atoms with Gasteiger partial charge >= 0.3 is 12.1 Å². The van der Waals surface area contributed by atoms with Crippen molar-refractivity contribution < 1.29 is 27.8 Å². The first kappa shape index (κ1) is 25.4. The second-order valence-electron chi connectivity index (χ2n) is 9.51. The van der Waals surface area contributed by atoms with Gasteiger partial charge in [-0.3, -0.25) is 4.79 Å². The molecule has 1 N–H and O–H groups in total. The molecule has 35 heavy (non-hydrogen) atoms. The van der Waals surface area contributed by atoms with Crippen LogP contribution in [0.5, 0.6) is 5.75 Å². The molecule has 0 spiro atoms. The number of likely N-dealkylation sites (tertiary alicyclic amines) is 1. The lowest BCUT2D eigenvalue weighted by atomic mass is 9.89. The molecule has 0 aromatic heterocycles. The number of piperidine rings is 2. The minimum atomic E-state index is -4.43. The largest absolute Gasteiger partial charge is 0.489 e. The quantitative estimate of drug-likeness (QED) is 0.497. The van der Waals surface area contributed by atoms with Crippen LogP contribution in [0.1, 0.15) is 61.1 Å². The lowest BCUT2D eigenvalue weighted by molar-refractivity contribution is -0.138. The Morgan fingerprint density at radius 1 is 0.971 bits per heavy atom. The summed E-state index contributed by atoms with van der Waals surface area (Å²) in [6, 6.07) is 12.4. The molecular formula is C27H33F3N2O3. The maximum Gasteiger partial charge on any atom is 0.418 e. The third-order valence-electron chi connectivity index (χ3n) is 7.06. The fourth-order valence-electron chi connectivity index (χ4n) is 5.04. The second kappa shape index (κ2) is 11.3. The van der Waals surface area contributed by atoms with Crippen molar-refractivity contribution in [3.8, 4) is 5.75 Å². The number of hydrogen-bond donors (Lipinski definition) is 1. The van der Waals surface area contributed by atoms with Gasteiger partial charge < -0.3 is 19.6 Å². The number of nitrogens with zero attached hydrogens (tertiary/aromatic N) is 2. The Hall–Kier alpha value is -2.74. The SMILES string of the molecule is O=C(O)CCN1CCC(c2ccc(COc3ccc(N4CCCCC4)c(C(F)(F)F)c3)cc2)CC1. The molecule has 0 bridgehead atoms. The van der Waals surface area contributed by atoms with Crippen LogP contribution in [-0.2, 0) is 17.6 Å². The van der Waals surface area contributed by atoms with Crippen LogP contribution >= 0.6 is 0 Å². The van der Waals surface area contributed by atoms with Crippen molar-refractivity contribution in [2.75, 3.05) is 37.6 Å². The van der Waals surface area contributed by atoms with E-state index in [4.69, 9.17) is 9.84 Å². The summed E-state index contributed by atoms with van der Waals surface area (Å²) in [4.78, 5) is 14.8. The molecule has 2 saturated heterocycles. The van der Waals surface area contributed by atoms with E-state index < -0.39 is 17.7 Å². The Bertz CT molecular complexity index is 980. The zero-order valence-corrected chi connectivity index (χ0v) is 19.9. The molecule has 2 aliphatic heterocycles. The van der Waals surface area contributed by atoms with Gasteiger partial charge in [0.15, 0.2) is 0 Å². The number of benzene rings is 2. The molecule has 0 aliphatic carbocycles. The maximum atomic E-state index is 13.8. The van der Waals surface area contributed by atoms with Crippen LogP contribution in [-0.4, -0.2) is 48.7 Å². The van der Waals surface area contributed by atoms with Gasteiger partial charge in [-0.25, -0.2) is 0 Å². The molecule has 0 saturated carbocycles. The summed E-state index contributed by atoms with van der Waals surface area (Å²) in [5.41, 5.74) is 1.74. The first-order valence-electron chi connectivity index (χ1n) is 12.4. The summed E-state index contributed by atoms with van der Waals surface area (Å²) < 4.78 is 47.0. The third-order valence-corrected chi connectivity index (χ3v) is 7.06. The molecule has 2 fully saturated rings. The van der Waals surface area contributed by atoms with Crippen molar-refractivity contribution in [1.82, 2.24) is 4.90 Å². The highest BCUT2D eigenvalue weighted by molar-refractivity contribution is 5.66. The van der Waals surface area contributed by atoms with E-state index in [-0.39, 0.29) is 24.5 Å². The number of alkyl halides is 3. The van der Waals surface area contributed by atoms with Gasteiger partial charge in [-0.2, -0.15) is 13.2 Å². The first-order valence-corrected chi connectivity index (χ1v) is 12.4. The van der Waals surface area contributed by atoms with Crippen LogP contribution in [0.4, 0.5) is 18.9 Å². The monoisotopic (exact) mass is 490 g/mol. The van der Waals surface area contributed by atoms with Gasteiger partial charge in [-0.1, -0.05) is 24.3 Å². The Morgan fingerprint density at radius 3 is 2.29 bits per heavy atom. The van der Waals surface area contributed by atoms with E-state index >= 15 is 0 Å². The minimum absolute atomic E-state index is 0.171. The van der Waals surface area contributed by atoms with Gasteiger partial charge in [0.2, 0.25) is 0 Å². The summed E-state index contributed by atoms with van der Waals surface area (Å²) in [6.45, 7) is 3.87. The zero-order chi connectivity index (χ0) is 24.8. The van der Waals surface area contributed by atoms with E-state index in [1.165, 1.54) is 11.6 Å². The van der Waals surface area contributed by atoms with Gasteiger partial charge in [0.05, 0.1) is 12.0 Å². The van der Waals surface area contributed by atoms with Crippen molar-refractivity contribution in [1.29, 1.82) is 0 Å². The molecule has 4 rings (SSSR count). The molecule has 0 atom stereocenters. The maximum absolute atomic E-state index is 13.8. The Morgan fingerprint density at radius 2 is 1.66 bits per heavy atom. The van der Waals surface area contributed by atoms with Crippen molar-refractivity contribution >= 4 is 11.7 Å². The van der Waals surface area contributed by atoms with E-state index in [1.807, 2.05) is 17.0 Å². The lowest BCUT2D eigenvalue weighted by Gasteiger charge is -2.31. The number of carboxylic acid groups (broad SMARTS) is 1. The van der Waals surface area contributed by atoms with E-state index in [0.29, 0.717) is 25.6 Å². The van der Waals surface area contributed by atoms with Crippen LogP contribution in [0, 0.1) is 0 Å². The normalized spacial score (nSPS) is 18.0. The van der Waals surface area contributed by atoms with Crippen molar-refractivity contribution in [2.45, 2.75) is 57.2 Å². The zero-order valence-electron chi connectivity index (χ0n) is 19.9. The molecule has 8 heteroatoms. The highest BCUT2D eigenvalue weighted by Gasteiger charge is 2.35. The highest BCUT2D eigenvalue weighted by Crippen LogP contribution is 2.40. The summed E-state index contributed by atoms with van der Waals surface area (Å²) in [5.74, 6) is -0.115. The average molecular weight is 491 g/mol. The van der Waals surface area contributed by atoms with Crippen LogP contribution in [0.15, 0.2) is 42.5 Å². The smallest absolute Gasteiger partial charge is 0.418 e. The molecule has 0 amide bonds. The number of halogens is 3. The van der Waals surface area contributed by atoms with Gasteiger partial charge in [-0.05, 0) is 80.4 Å². The molecule has 2 aliphatic rings. The van der Waals surface area contributed by atoms with Crippen LogP contribution < -0.4 is 9.64 Å². The summed E-state index contributed by atoms with van der Waals surface area (Å²) in [6.07, 6.45) is 0.592. The molecule has 2 aromatic rings. The number of ether oxygens (including phenoxy) is 1.